The fraction of sp³-hybridized carbons (Fsp3) is 0.148. The first-order chi connectivity index (χ1) is 16.2. The van der Waals surface area contributed by atoms with Crippen LogP contribution >= 0.6 is 0 Å². The monoisotopic (exact) mass is 436 g/mol. The maximum absolute atomic E-state index is 5.48. The molecule has 33 heavy (non-hydrogen) atoms. The molecule has 0 aliphatic rings. The van der Waals surface area contributed by atoms with E-state index in [9.17, 15) is 0 Å². The maximum Gasteiger partial charge on any atom is 0.162 e. The van der Waals surface area contributed by atoms with E-state index in [0.717, 1.165) is 27.7 Å². The molecule has 0 radical (unpaired) electrons. The maximum atomic E-state index is 5.48. The van der Waals surface area contributed by atoms with Gasteiger partial charge in [0, 0.05) is 35.8 Å². The summed E-state index contributed by atoms with van der Waals surface area (Å²) in [5, 5.41) is 6.70. The largest absolute Gasteiger partial charge is 0.493 e. The summed E-state index contributed by atoms with van der Waals surface area (Å²) in [5.74, 6) is 2.75. The summed E-state index contributed by atoms with van der Waals surface area (Å²) >= 11 is 0. The second kappa shape index (κ2) is 8.74. The number of hydrogen-bond acceptors (Lipinski definition) is 6. The van der Waals surface area contributed by atoms with E-state index in [2.05, 4.69) is 68.8 Å². The lowest BCUT2D eigenvalue weighted by Crippen LogP contribution is -2.05. The lowest BCUT2D eigenvalue weighted by Gasteiger charge is -2.14. The van der Waals surface area contributed by atoms with Crippen LogP contribution in [0.15, 0.2) is 73.1 Å². The van der Waals surface area contributed by atoms with Crippen LogP contribution in [0.25, 0.3) is 32.8 Å². The van der Waals surface area contributed by atoms with Crippen molar-refractivity contribution in [2.24, 2.45) is 0 Å². The van der Waals surface area contributed by atoms with Gasteiger partial charge in [0.2, 0.25) is 0 Å². The smallest absolute Gasteiger partial charge is 0.162 e. The molecular weight excluding hydrogens is 412 g/mol. The molecule has 0 spiro atoms. The number of aromatic nitrogens is 3. The Hall–Kier alpha value is -4.19. The van der Waals surface area contributed by atoms with Gasteiger partial charge in [0.05, 0.1) is 19.7 Å². The van der Waals surface area contributed by atoms with Crippen molar-refractivity contribution in [1.82, 2.24) is 15.0 Å². The molecule has 6 nitrogen and oxygen atoms in total. The van der Waals surface area contributed by atoms with Gasteiger partial charge in [-0.15, -0.1) is 0 Å². The van der Waals surface area contributed by atoms with Crippen molar-refractivity contribution >= 4 is 27.5 Å². The minimum atomic E-state index is 0.625. The van der Waals surface area contributed by atoms with Crippen LogP contribution in [0.2, 0.25) is 0 Å². The first-order valence-electron chi connectivity index (χ1n) is 10.7. The third kappa shape index (κ3) is 4.03. The standard InChI is InChI=1S/C27H24N4O2/c1-17-30-24-14-26(33-3)25(32-2)13-23(24)27(31-17)29-15-18-6-4-7-19(12-18)21-9-5-8-20-16-28-11-10-22(20)21/h4-14,16H,15H2,1-3H3,(H,29,30,31). The molecule has 0 bridgehead atoms. The van der Waals surface area contributed by atoms with Gasteiger partial charge in [0.15, 0.2) is 11.5 Å². The number of anilines is 1. The van der Waals surface area contributed by atoms with Crippen molar-refractivity contribution in [3.8, 4) is 22.6 Å². The van der Waals surface area contributed by atoms with Gasteiger partial charge in [-0.2, -0.15) is 0 Å². The number of fused-ring (bicyclic) bond motifs is 2. The van der Waals surface area contributed by atoms with Crippen molar-refractivity contribution in [2.45, 2.75) is 13.5 Å². The van der Waals surface area contributed by atoms with Crippen molar-refractivity contribution in [3.63, 3.8) is 0 Å². The van der Waals surface area contributed by atoms with Gasteiger partial charge in [0.25, 0.3) is 0 Å². The average Bonchev–Trinajstić information content (AvgIpc) is 2.86. The van der Waals surface area contributed by atoms with E-state index in [0.29, 0.717) is 23.9 Å². The second-order valence-electron chi connectivity index (χ2n) is 7.80. The number of ether oxygens (including phenoxy) is 2. The molecule has 2 aromatic heterocycles. The number of aryl methyl sites for hydroxylation is 1. The zero-order chi connectivity index (χ0) is 22.8. The van der Waals surface area contributed by atoms with Gasteiger partial charge in [-0.1, -0.05) is 36.4 Å². The molecule has 5 rings (SSSR count). The normalized spacial score (nSPS) is 11.0. The van der Waals surface area contributed by atoms with Crippen molar-refractivity contribution in [3.05, 3.63) is 84.4 Å². The zero-order valence-corrected chi connectivity index (χ0v) is 18.8. The van der Waals surface area contributed by atoms with Gasteiger partial charge in [-0.25, -0.2) is 9.97 Å². The summed E-state index contributed by atoms with van der Waals surface area (Å²) in [7, 11) is 3.25. The van der Waals surface area contributed by atoms with E-state index in [1.54, 1.807) is 14.2 Å². The Labute approximate surface area is 192 Å². The Kier molecular flexibility index (Phi) is 5.48. The first kappa shape index (κ1) is 20.7. The van der Waals surface area contributed by atoms with Gasteiger partial charge < -0.3 is 14.8 Å². The van der Waals surface area contributed by atoms with E-state index < -0.39 is 0 Å². The highest BCUT2D eigenvalue weighted by molar-refractivity contribution is 5.96. The lowest BCUT2D eigenvalue weighted by molar-refractivity contribution is 0.356. The molecule has 0 saturated heterocycles. The van der Waals surface area contributed by atoms with E-state index in [4.69, 9.17) is 9.47 Å². The van der Waals surface area contributed by atoms with Crippen LogP contribution in [-0.2, 0) is 6.54 Å². The van der Waals surface area contributed by atoms with Crippen LogP contribution in [0.3, 0.4) is 0 Å². The minimum Gasteiger partial charge on any atom is -0.493 e. The molecule has 5 aromatic rings. The SMILES string of the molecule is COc1cc2nc(C)nc(NCc3cccc(-c4cccc5cnccc45)c3)c2cc1OC. The van der Waals surface area contributed by atoms with E-state index >= 15 is 0 Å². The predicted octanol–water partition coefficient (Wildman–Crippen LogP) is 5.78. The molecule has 0 amide bonds. The summed E-state index contributed by atoms with van der Waals surface area (Å²) < 4.78 is 10.9. The number of rotatable bonds is 6. The molecule has 0 fully saturated rings. The molecule has 6 heteroatoms. The average molecular weight is 437 g/mol. The zero-order valence-electron chi connectivity index (χ0n) is 18.8. The Morgan fingerprint density at radius 1 is 0.848 bits per heavy atom. The molecule has 3 aromatic carbocycles. The van der Waals surface area contributed by atoms with Crippen LogP contribution in [0.4, 0.5) is 5.82 Å². The topological polar surface area (TPSA) is 69.2 Å². The second-order valence-corrected chi connectivity index (χ2v) is 7.80. The minimum absolute atomic E-state index is 0.625. The predicted molar refractivity (Wildman–Crippen MR) is 132 cm³/mol. The Balaban J connectivity index is 1.48. The third-order valence-corrected chi connectivity index (χ3v) is 5.69. The summed E-state index contributed by atoms with van der Waals surface area (Å²) in [6.07, 6.45) is 3.74. The highest BCUT2D eigenvalue weighted by Crippen LogP contribution is 2.34. The molecule has 0 saturated carbocycles. The molecule has 2 heterocycles. The fourth-order valence-electron chi connectivity index (χ4n) is 4.12. The van der Waals surface area contributed by atoms with Crippen LogP contribution in [0, 0.1) is 6.92 Å². The van der Waals surface area contributed by atoms with Crippen LogP contribution < -0.4 is 14.8 Å². The van der Waals surface area contributed by atoms with E-state index in [1.807, 2.05) is 31.5 Å². The number of nitrogens with zero attached hydrogens (tertiary/aromatic N) is 3. The molecule has 0 atom stereocenters. The first-order valence-corrected chi connectivity index (χ1v) is 10.7. The Bertz CT molecular complexity index is 1460. The number of nitrogens with one attached hydrogen (secondary N) is 1. The van der Waals surface area contributed by atoms with E-state index in [-0.39, 0.29) is 0 Å². The molecule has 0 unspecified atom stereocenters. The summed E-state index contributed by atoms with van der Waals surface area (Å²) in [6, 6.07) is 20.7. The molecular formula is C27H24N4O2. The Morgan fingerprint density at radius 3 is 2.52 bits per heavy atom. The van der Waals surface area contributed by atoms with E-state index in [1.165, 1.54) is 16.5 Å². The van der Waals surface area contributed by atoms with Crippen LogP contribution in [0.1, 0.15) is 11.4 Å². The van der Waals surface area contributed by atoms with Gasteiger partial charge in [-0.3, -0.25) is 4.98 Å². The van der Waals surface area contributed by atoms with Crippen molar-refractivity contribution in [1.29, 1.82) is 0 Å². The van der Waals surface area contributed by atoms with Gasteiger partial charge in [0.1, 0.15) is 11.6 Å². The number of benzene rings is 3. The lowest BCUT2D eigenvalue weighted by atomic mass is 9.98. The highest BCUT2D eigenvalue weighted by Gasteiger charge is 2.12. The molecule has 0 aliphatic heterocycles. The van der Waals surface area contributed by atoms with Crippen molar-refractivity contribution < 1.29 is 9.47 Å². The molecule has 0 aliphatic carbocycles. The molecule has 164 valence electrons. The Morgan fingerprint density at radius 2 is 1.67 bits per heavy atom. The van der Waals surface area contributed by atoms with Gasteiger partial charge >= 0.3 is 0 Å². The third-order valence-electron chi connectivity index (χ3n) is 5.69. The van der Waals surface area contributed by atoms with Gasteiger partial charge in [-0.05, 0) is 47.2 Å². The number of hydrogen-bond donors (Lipinski definition) is 1. The van der Waals surface area contributed by atoms with Crippen LogP contribution in [0.5, 0.6) is 11.5 Å². The summed E-state index contributed by atoms with van der Waals surface area (Å²) in [5.41, 5.74) is 4.32. The summed E-state index contributed by atoms with van der Waals surface area (Å²) in [6.45, 7) is 2.51. The highest BCUT2D eigenvalue weighted by atomic mass is 16.5. The molecule has 1 N–H and O–H groups in total. The van der Waals surface area contributed by atoms with Crippen molar-refractivity contribution in [2.75, 3.05) is 19.5 Å². The quantitative estimate of drug-likeness (QED) is 0.364. The fourth-order valence-corrected chi connectivity index (χ4v) is 4.12. The number of methoxy groups -OCH3 is 2. The summed E-state index contributed by atoms with van der Waals surface area (Å²) in [4.78, 5) is 13.5. The number of pyridine rings is 1. The van der Waals surface area contributed by atoms with Crippen LogP contribution in [-0.4, -0.2) is 29.2 Å².